The molecule has 0 aliphatic rings. The number of fused-ring (bicyclic) bond motifs is 1. The highest BCUT2D eigenvalue weighted by molar-refractivity contribution is 7.92. The van der Waals surface area contributed by atoms with Crippen LogP contribution in [-0.2, 0) is 16.6 Å². The average molecular weight is 425 g/mol. The van der Waals surface area contributed by atoms with Crippen LogP contribution in [0.3, 0.4) is 0 Å². The summed E-state index contributed by atoms with van der Waals surface area (Å²) in [5.41, 5.74) is 2.10. The molecule has 1 aromatic heterocycles. The molecule has 0 bridgehead atoms. The molecule has 0 aliphatic heterocycles. The van der Waals surface area contributed by atoms with Gasteiger partial charge in [0.25, 0.3) is 10.0 Å². The van der Waals surface area contributed by atoms with E-state index in [-0.39, 0.29) is 10.7 Å². The lowest BCUT2D eigenvalue weighted by Crippen LogP contribution is -2.16. The Balaban J connectivity index is 1.71. The molecule has 0 atom stereocenters. The van der Waals surface area contributed by atoms with Gasteiger partial charge in [0.05, 0.1) is 15.9 Å². The molecule has 4 aromatic rings. The van der Waals surface area contributed by atoms with Crippen molar-refractivity contribution in [1.82, 2.24) is 9.97 Å². The van der Waals surface area contributed by atoms with Gasteiger partial charge in [-0.25, -0.2) is 18.4 Å². The lowest BCUT2D eigenvalue weighted by Gasteiger charge is -2.14. The summed E-state index contributed by atoms with van der Waals surface area (Å²) in [6.07, 6.45) is 0. The number of sulfonamides is 1. The summed E-state index contributed by atoms with van der Waals surface area (Å²) in [4.78, 5) is 9.17. The summed E-state index contributed by atoms with van der Waals surface area (Å²) in [7, 11) is -3.81. The van der Waals surface area contributed by atoms with Crippen molar-refractivity contribution in [1.29, 1.82) is 0 Å². The van der Waals surface area contributed by atoms with E-state index in [9.17, 15) is 8.42 Å². The minimum absolute atomic E-state index is 0.125. The number of aromatic nitrogens is 2. The summed E-state index contributed by atoms with van der Waals surface area (Å²) >= 11 is 6.22. The van der Waals surface area contributed by atoms with E-state index in [4.69, 9.17) is 11.6 Å². The van der Waals surface area contributed by atoms with E-state index in [2.05, 4.69) is 20.0 Å². The third-order valence-electron chi connectivity index (χ3n) is 4.26. The van der Waals surface area contributed by atoms with Crippen LogP contribution in [0.4, 0.5) is 11.6 Å². The molecule has 8 heteroatoms. The van der Waals surface area contributed by atoms with Gasteiger partial charge in [0.2, 0.25) is 0 Å². The van der Waals surface area contributed by atoms with Crippen LogP contribution in [-0.4, -0.2) is 18.4 Å². The van der Waals surface area contributed by atoms with Gasteiger partial charge >= 0.3 is 0 Å². The molecule has 29 heavy (non-hydrogen) atoms. The lowest BCUT2D eigenvalue weighted by molar-refractivity contribution is 0.601. The van der Waals surface area contributed by atoms with Crippen molar-refractivity contribution in [2.24, 2.45) is 0 Å². The Bertz CT molecular complexity index is 1260. The van der Waals surface area contributed by atoms with Crippen molar-refractivity contribution in [2.75, 3.05) is 10.0 Å². The van der Waals surface area contributed by atoms with Crippen LogP contribution in [0.25, 0.3) is 11.0 Å². The molecule has 1 heterocycles. The van der Waals surface area contributed by atoms with Crippen LogP contribution in [0.1, 0.15) is 5.56 Å². The normalized spacial score (nSPS) is 11.3. The first kappa shape index (κ1) is 19.2. The fraction of sp³-hybridized carbons (Fsp3) is 0.0476. The maximum absolute atomic E-state index is 12.8. The maximum Gasteiger partial charge on any atom is 0.263 e. The van der Waals surface area contributed by atoms with Crippen LogP contribution in [0.15, 0.2) is 83.8 Å². The molecule has 146 valence electrons. The second-order valence-corrected chi connectivity index (χ2v) is 8.36. The third-order valence-corrected chi connectivity index (χ3v) is 5.98. The van der Waals surface area contributed by atoms with Gasteiger partial charge in [0, 0.05) is 11.6 Å². The first-order chi connectivity index (χ1) is 14.0. The largest absolute Gasteiger partial charge is 0.363 e. The second-order valence-electron chi connectivity index (χ2n) is 6.27. The zero-order valence-corrected chi connectivity index (χ0v) is 16.8. The summed E-state index contributed by atoms with van der Waals surface area (Å²) in [5, 5.41) is 3.76. The molecule has 6 nitrogen and oxygen atoms in total. The molecule has 0 saturated heterocycles. The summed E-state index contributed by atoms with van der Waals surface area (Å²) in [5.74, 6) is 0.447. The number of hydrogen-bond donors (Lipinski definition) is 2. The van der Waals surface area contributed by atoms with E-state index in [1.165, 1.54) is 12.1 Å². The fourth-order valence-corrected chi connectivity index (χ4v) is 4.03. The number of rotatable bonds is 6. The minimum Gasteiger partial charge on any atom is -0.363 e. The zero-order chi connectivity index (χ0) is 20.3. The first-order valence-electron chi connectivity index (χ1n) is 8.85. The Morgan fingerprint density at radius 2 is 1.34 bits per heavy atom. The Morgan fingerprint density at radius 1 is 0.759 bits per heavy atom. The van der Waals surface area contributed by atoms with Crippen LogP contribution >= 0.6 is 11.6 Å². The maximum atomic E-state index is 12.8. The Morgan fingerprint density at radius 3 is 2.03 bits per heavy atom. The molecule has 4 rings (SSSR count). The Labute approximate surface area is 173 Å². The lowest BCUT2D eigenvalue weighted by atomic mass is 10.2. The summed E-state index contributed by atoms with van der Waals surface area (Å²) in [6.45, 7) is 0.368. The minimum atomic E-state index is -3.81. The first-order valence-corrected chi connectivity index (χ1v) is 10.7. The predicted molar refractivity (Wildman–Crippen MR) is 116 cm³/mol. The average Bonchev–Trinajstić information content (AvgIpc) is 2.73. The van der Waals surface area contributed by atoms with Gasteiger partial charge in [-0.15, -0.1) is 0 Å². The highest BCUT2D eigenvalue weighted by Crippen LogP contribution is 2.25. The van der Waals surface area contributed by atoms with Crippen molar-refractivity contribution in [2.45, 2.75) is 11.4 Å². The quantitative estimate of drug-likeness (QED) is 0.468. The third kappa shape index (κ3) is 4.31. The van der Waals surface area contributed by atoms with Crippen LogP contribution in [0.2, 0.25) is 5.02 Å². The molecule has 0 radical (unpaired) electrons. The number of benzene rings is 3. The standard InChI is InChI=1S/C21H17ClN4O2S/c22-17-11-5-4-8-15(17)14-23-20-21(25-19-13-7-6-12-18(19)24-20)26-29(27,28)16-9-2-1-3-10-16/h1-13H,14H2,(H,23,24)(H,25,26). The number of nitrogens with one attached hydrogen (secondary N) is 2. The number of para-hydroxylation sites is 2. The van der Waals surface area contributed by atoms with Crippen molar-refractivity contribution >= 4 is 44.3 Å². The van der Waals surface area contributed by atoms with Crippen molar-refractivity contribution in [3.63, 3.8) is 0 Å². The Hall–Kier alpha value is -3.16. The number of halogens is 1. The van der Waals surface area contributed by atoms with Gasteiger partial charge in [0.1, 0.15) is 0 Å². The van der Waals surface area contributed by atoms with Crippen molar-refractivity contribution in [3.05, 3.63) is 89.4 Å². The van der Waals surface area contributed by atoms with Gasteiger partial charge in [0.15, 0.2) is 11.6 Å². The van der Waals surface area contributed by atoms with E-state index >= 15 is 0 Å². The monoisotopic (exact) mass is 424 g/mol. The molecule has 0 spiro atoms. The Kier molecular flexibility index (Phi) is 5.33. The van der Waals surface area contributed by atoms with Crippen LogP contribution in [0, 0.1) is 0 Å². The molecule has 0 aliphatic carbocycles. The smallest absolute Gasteiger partial charge is 0.263 e. The molecule has 0 saturated carbocycles. The van der Waals surface area contributed by atoms with Gasteiger partial charge < -0.3 is 5.32 Å². The molecule has 0 amide bonds. The SMILES string of the molecule is O=S(=O)(Nc1nc2ccccc2nc1NCc1ccccc1Cl)c1ccccc1. The van der Waals surface area contributed by atoms with E-state index in [1.807, 2.05) is 36.4 Å². The van der Waals surface area contributed by atoms with Crippen molar-refractivity contribution < 1.29 is 8.42 Å². The van der Waals surface area contributed by atoms with Gasteiger partial charge in [-0.05, 0) is 35.9 Å². The van der Waals surface area contributed by atoms with E-state index in [0.29, 0.717) is 28.4 Å². The number of anilines is 2. The van der Waals surface area contributed by atoms with Gasteiger partial charge in [-0.1, -0.05) is 60.1 Å². The number of nitrogens with zero attached hydrogens (tertiary/aromatic N) is 2. The van der Waals surface area contributed by atoms with E-state index in [1.54, 1.807) is 30.3 Å². The topological polar surface area (TPSA) is 84.0 Å². The van der Waals surface area contributed by atoms with Crippen LogP contribution < -0.4 is 10.0 Å². The van der Waals surface area contributed by atoms with Gasteiger partial charge in [-0.3, -0.25) is 4.72 Å². The molecule has 0 fully saturated rings. The second kappa shape index (κ2) is 8.06. The molecular weight excluding hydrogens is 408 g/mol. The highest BCUT2D eigenvalue weighted by atomic mass is 35.5. The molecule has 0 unspecified atom stereocenters. The molecule has 3 aromatic carbocycles. The van der Waals surface area contributed by atoms with Gasteiger partial charge in [-0.2, -0.15) is 0 Å². The predicted octanol–water partition coefficient (Wildman–Crippen LogP) is 4.70. The van der Waals surface area contributed by atoms with Crippen LogP contribution in [0.5, 0.6) is 0 Å². The summed E-state index contributed by atoms with van der Waals surface area (Å²) in [6, 6.07) is 22.8. The highest BCUT2D eigenvalue weighted by Gasteiger charge is 2.18. The number of hydrogen-bond acceptors (Lipinski definition) is 5. The summed E-state index contributed by atoms with van der Waals surface area (Å²) < 4.78 is 28.1. The van der Waals surface area contributed by atoms with E-state index < -0.39 is 10.0 Å². The fourth-order valence-electron chi connectivity index (χ4n) is 2.80. The van der Waals surface area contributed by atoms with E-state index in [0.717, 1.165) is 5.56 Å². The van der Waals surface area contributed by atoms with Crippen molar-refractivity contribution in [3.8, 4) is 0 Å². The molecular formula is C21H17ClN4O2S. The molecule has 2 N–H and O–H groups in total. The zero-order valence-electron chi connectivity index (χ0n) is 15.2.